The number of amides is 2. The first-order valence-electron chi connectivity index (χ1n) is 21.5. The summed E-state index contributed by atoms with van der Waals surface area (Å²) < 4.78 is 58.3. The fourth-order valence-electron chi connectivity index (χ4n) is 9.17. The highest BCUT2D eigenvalue weighted by molar-refractivity contribution is 7.10. The average Bonchev–Trinajstić information content (AvgIpc) is 3.68. The number of hydrazine groups is 1. The van der Waals surface area contributed by atoms with E-state index in [9.17, 15) is 27.6 Å². The molecule has 2 amide bonds. The number of likely N-dealkylation sites (N-methyl/N-ethyl adjacent to an activating group) is 1. The second-order valence-corrected chi connectivity index (χ2v) is 19.5. The van der Waals surface area contributed by atoms with Crippen LogP contribution in [-0.2, 0) is 43.2 Å². The third-order valence-electron chi connectivity index (χ3n) is 12.9. The van der Waals surface area contributed by atoms with Crippen molar-refractivity contribution in [1.29, 1.82) is 0 Å². The second kappa shape index (κ2) is 17.3. The lowest BCUT2D eigenvalue weighted by atomic mass is 9.84. The summed E-state index contributed by atoms with van der Waals surface area (Å²) in [6.45, 7) is 10.2. The van der Waals surface area contributed by atoms with E-state index < -0.39 is 35.8 Å². The summed E-state index contributed by atoms with van der Waals surface area (Å²) in [5.41, 5.74) is 6.03. The number of benzene rings is 1. The van der Waals surface area contributed by atoms with Crippen LogP contribution < -0.4 is 15.6 Å². The van der Waals surface area contributed by atoms with Gasteiger partial charge in [0.2, 0.25) is 5.91 Å². The van der Waals surface area contributed by atoms with Crippen LogP contribution in [0.3, 0.4) is 0 Å². The maximum absolute atomic E-state index is 14.9. The van der Waals surface area contributed by atoms with Crippen LogP contribution in [0.25, 0.3) is 33.4 Å². The molecule has 4 aromatic rings. The van der Waals surface area contributed by atoms with Gasteiger partial charge in [-0.05, 0) is 74.8 Å². The van der Waals surface area contributed by atoms with E-state index in [1.807, 2.05) is 45.2 Å². The number of halogens is 3. The third kappa shape index (κ3) is 9.28. The lowest BCUT2D eigenvalue weighted by Gasteiger charge is -2.41. The zero-order chi connectivity index (χ0) is 44.1. The van der Waals surface area contributed by atoms with E-state index in [0.29, 0.717) is 75.5 Å². The first-order valence-corrected chi connectivity index (χ1v) is 22.4. The van der Waals surface area contributed by atoms with Gasteiger partial charge < -0.3 is 34.0 Å². The van der Waals surface area contributed by atoms with Gasteiger partial charge in [-0.15, -0.1) is 11.3 Å². The summed E-state index contributed by atoms with van der Waals surface area (Å²) in [4.78, 5) is 54.8. The monoisotopic (exact) mass is 878 g/mol. The van der Waals surface area contributed by atoms with Crippen LogP contribution in [0, 0.1) is 17.3 Å². The van der Waals surface area contributed by atoms with E-state index >= 15 is 0 Å². The van der Waals surface area contributed by atoms with Crippen LogP contribution in [0.5, 0.6) is 0 Å². The molecule has 1 saturated carbocycles. The maximum atomic E-state index is 14.9. The van der Waals surface area contributed by atoms with Crippen LogP contribution in [0.15, 0.2) is 35.8 Å². The number of nitrogens with zero attached hydrogens (tertiary/aromatic N) is 6. The number of alkyl halides is 3. The van der Waals surface area contributed by atoms with Gasteiger partial charge in [-0.2, -0.15) is 13.2 Å². The van der Waals surface area contributed by atoms with Crippen molar-refractivity contribution in [3.8, 4) is 22.5 Å². The number of methoxy groups -OCH3 is 1. The van der Waals surface area contributed by atoms with Crippen molar-refractivity contribution in [3.63, 3.8) is 0 Å². The zero-order valence-corrected chi connectivity index (χ0v) is 37.1. The van der Waals surface area contributed by atoms with Crippen LogP contribution in [0.1, 0.15) is 69.3 Å². The van der Waals surface area contributed by atoms with E-state index in [2.05, 4.69) is 27.6 Å². The largest absolute Gasteiger partial charge is 0.406 e. The molecule has 2 N–H and O–H groups in total. The number of aromatic nitrogens is 3. The van der Waals surface area contributed by atoms with Gasteiger partial charge in [0, 0.05) is 79.6 Å². The smallest absolute Gasteiger partial charge is 0.378 e. The van der Waals surface area contributed by atoms with Crippen molar-refractivity contribution in [1.82, 2.24) is 35.2 Å². The summed E-state index contributed by atoms with van der Waals surface area (Å²) in [5, 5.41) is 7.55. The van der Waals surface area contributed by atoms with Crippen molar-refractivity contribution in [3.05, 3.63) is 52.1 Å². The van der Waals surface area contributed by atoms with Gasteiger partial charge in [-0.1, -0.05) is 26.8 Å². The zero-order valence-electron chi connectivity index (χ0n) is 36.3. The highest BCUT2D eigenvalue weighted by Crippen LogP contribution is 2.44. The maximum Gasteiger partial charge on any atom is 0.406 e. The number of rotatable bonds is 8. The number of carbonyl (C=O) groups excluding carboxylic acids is 3. The van der Waals surface area contributed by atoms with E-state index in [4.69, 9.17) is 19.4 Å². The van der Waals surface area contributed by atoms with E-state index in [-0.39, 0.29) is 43.3 Å². The molecular weight excluding hydrogens is 822 g/mol. The predicted molar refractivity (Wildman–Crippen MR) is 232 cm³/mol. The van der Waals surface area contributed by atoms with Crippen LogP contribution in [0.4, 0.5) is 18.9 Å². The molecule has 6 heterocycles. The number of ether oxygens (including phenoxy) is 2. The second-order valence-electron chi connectivity index (χ2n) is 18.6. The molecule has 3 aliphatic heterocycles. The van der Waals surface area contributed by atoms with Gasteiger partial charge in [0.25, 0.3) is 5.91 Å². The quantitative estimate of drug-likeness (QED) is 0.198. The lowest BCUT2D eigenvalue weighted by molar-refractivity contribution is -0.147. The van der Waals surface area contributed by atoms with E-state index in [1.165, 1.54) is 20.9 Å². The normalized spacial score (nSPS) is 25.4. The van der Waals surface area contributed by atoms with Crippen molar-refractivity contribution < 1.29 is 37.0 Å². The minimum atomic E-state index is -4.56. The Morgan fingerprint density at radius 1 is 1.16 bits per heavy atom. The Hall–Kier alpha value is -4.42. The molecular formula is C45H57F3N8O5S. The number of thiazole rings is 1. The SMILES string of the molecule is CO[C@@H](C)c1ncc(N2CCN(C)CC2)cc1-c1c2c3cc(ccc3n1CC(F)(F)F)-c1csc(n1)C[C@H](NC(=O)[C@H]1C[C@@H]1C)C(=O)N1CCC[C@](C=O)(COCC(C)(C)C2)N1. The molecule has 8 rings (SSSR count). The Morgan fingerprint density at radius 3 is 2.61 bits per heavy atom. The van der Waals surface area contributed by atoms with Crippen molar-refractivity contribution in [2.75, 3.05) is 65.0 Å². The minimum absolute atomic E-state index is 0.0461. The van der Waals surface area contributed by atoms with Crippen molar-refractivity contribution in [2.45, 2.75) is 90.2 Å². The molecule has 0 radical (unpaired) electrons. The van der Waals surface area contributed by atoms with E-state index in [1.54, 1.807) is 25.4 Å². The highest BCUT2D eigenvalue weighted by Gasteiger charge is 2.44. The summed E-state index contributed by atoms with van der Waals surface area (Å²) in [7, 11) is 3.64. The van der Waals surface area contributed by atoms with Gasteiger partial charge in [0.05, 0.1) is 53.3 Å². The Bertz CT molecular complexity index is 2320. The summed E-state index contributed by atoms with van der Waals surface area (Å²) in [6.07, 6.45) is -0.406. The molecule has 0 unspecified atom stereocenters. The molecule has 4 aliphatic rings. The summed E-state index contributed by atoms with van der Waals surface area (Å²) in [6, 6.07) is 6.46. The average molecular weight is 879 g/mol. The summed E-state index contributed by atoms with van der Waals surface area (Å²) in [5.74, 6) is -0.499. The fourth-order valence-corrected chi connectivity index (χ4v) is 10.0. The molecule has 5 atom stereocenters. The molecule has 1 aliphatic carbocycles. The Labute approximate surface area is 364 Å². The molecule has 0 spiro atoms. The number of piperazine rings is 1. The Morgan fingerprint density at radius 2 is 1.92 bits per heavy atom. The molecule has 2 saturated heterocycles. The molecule has 13 nitrogen and oxygen atoms in total. The lowest BCUT2D eigenvalue weighted by Crippen LogP contribution is -2.66. The molecule has 6 bridgehead atoms. The molecule has 62 heavy (non-hydrogen) atoms. The first-order chi connectivity index (χ1) is 29.5. The number of hydrogen-bond acceptors (Lipinski definition) is 11. The van der Waals surface area contributed by atoms with Crippen molar-refractivity contribution in [2.24, 2.45) is 17.3 Å². The molecule has 17 heteroatoms. The number of nitrogens with one attached hydrogen (secondary N) is 2. The van der Waals surface area contributed by atoms with Gasteiger partial charge in [-0.25, -0.2) is 10.4 Å². The summed E-state index contributed by atoms with van der Waals surface area (Å²) >= 11 is 1.35. The fraction of sp³-hybridized carbons (Fsp3) is 0.578. The molecule has 3 aromatic heterocycles. The van der Waals surface area contributed by atoms with Gasteiger partial charge in [-0.3, -0.25) is 19.6 Å². The van der Waals surface area contributed by atoms with Crippen molar-refractivity contribution >= 4 is 46.0 Å². The van der Waals surface area contributed by atoms with Gasteiger partial charge in [0.15, 0.2) is 0 Å². The van der Waals surface area contributed by atoms with E-state index in [0.717, 1.165) is 44.6 Å². The minimum Gasteiger partial charge on any atom is -0.378 e. The Balaban J connectivity index is 1.30. The molecule has 1 aromatic carbocycles. The molecule has 334 valence electrons. The van der Waals surface area contributed by atoms with Crippen LogP contribution in [0.2, 0.25) is 0 Å². The Kier molecular flexibility index (Phi) is 12.3. The number of pyridine rings is 1. The third-order valence-corrected chi connectivity index (χ3v) is 13.8. The highest BCUT2D eigenvalue weighted by atomic mass is 32.1. The number of fused-ring (bicyclic) bond motifs is 6. The van der Waals surface area contributed by atoms with Gasteiger partial charge in [0.1, 0.15) is 24.4 Å². The number of anilines is 1. The first kappa shape index (κ1) is 44.2. The topological polar surface area (TPSA) is 134 Å². The molecule has 3 fully saturated rings. The number of carbonyl (C=O) groups is 3. The number of hydrogen-bond donors (Lipinski definition) is 2. The van der Waals surface area contributed by atoms with Gasteiger partial charge >= 0.3 is 6.18 Å². The standard InChI is InChI=1S/C45H57F3N8O5S/c1-27-16-31(27)41(58)51-35-19-38-50-36(22-62-38)29-8-9-37-32(17-29)34(20-43(3,4)25-61-26-44(24-57)10-7-11-56(52-44)42(35)59)40(55(37)23-45(46,47)48)33-18-30(21-49-39(33)28(2)60-6)54-14-12-53(5)13-15-54/h8-9,17-18,21-22,24,27-28,31,35,52H,7,10-16,19-20,23,25-26H2,1-6H3,(H,51,58)/t27-,28-,31-,35-,44-/m0/s1. The number of aldehydes is 1. The van der Waals surface area contributed by atoms with Crippen LogP contribution in [-0.4, -0.2) is 120 Å². The van der Waals surface area contributed by atoms with Crippen LogP contribution >= 0.6 is 11.3 Å². The predicted octanol–water partition coefficient (Wildman–Crippen LogP) is 6.20.